The molecule has 19 heavy (non-hydrogen) atoms. The van der Waals surface area contributed by atoms with Gasteiger partial charge in [0.1, 0.15) is 16.3 Å². The Kier molecular flexibility index (Phi) is 3.54. The molecule has 0 saturated heterocycles. The molecule has 4 heteroatoms. The van der Waals surface area contributed by atoms with Crippen LogP contribution in [0.3, 0.4) is 0 Å². The van der Waals surface area contributed by atoms with E-state index in [9.17, 15) is 4.39 Å². The summed E-state index contributed by atoms with van der Waals surface area (Å²) >= 11 is 5.22. The number of aryl methyl sites for hydroxylation is 1. The number of hydrogen-bond acceptors (Lipinski definition) is 2. The Morgan fingerprint density at radius 3 is 2.47 bits per heavy atom. The number of aromatic nitrogens is 2. The van der Waals surface area contributed by atoms with E-state index < -0.39 is 0 Å². The summed E-state index contributed by atoms with van der Waals surface area (Å²) in [5.74, 6) is 0.601. The minimum Gasteiger partial charge on any atom is -0.343 e. The predicted octanol–water partition coefficient (Wildman–Crippen LogP) is 4.55. The van der Waals surface area contributed by atoms with Crippen LogP contribution in [0.1, 0.15) is 32.2 Å². The van der Waals surface area contributed by atoms with Crippen molar-refractivity contribution in [2.45, 2.75) is 33.1 Å². The molecule has 0 unspecified atom stereocenters. The van der Waals surface area contributed by atoms with E-state index in [1.165, 1.54) is 12.1 Å². The highest BCUT2D eigenvalue weighted by atomic mass is 32.1. The van der Waals surface area contributed by atoms with Gasteiger partial charge in [-0.3, -0.25) is 0 Å². The highest BCUT2D eigenvalue weighted by Gasteiger charge is 2.17. The van der Waals surface area contributed by atoms with Gasteiger partial charge in [-0.1, -0.05) is 33.0 Å². The Hall–Kier alpha value is -1.55. The lowest BCUT2D eigenvalue weighted by molar-refractivity contribution is 0.545. The molecule has 0 aliphatic heterocycles. The minimum atomic E-state index is -0.232. The summed E-state index contributed by atoms with van der Waals surface area (Å²) in [5, 5.41) is 0. The third kappa shape index (κ3) is 3.07. The van der Waals surface area contributed by atoms with Gasteiger partial charge in [-0.2, -0.15) is 0 Å². The van der Waals surface area contributed by atoms with Gasteiger partial charge >= 0.3 is 0 Å². The van der Waals surface area contributed by atoms with E-state index in [1.807, 2.05) is 13.0 Å². The van der Waals surface area contributed by atoms with Gasteiger partial charge in [-0.15, -0.1) is 0 Å². The first-order valence-corrected chi connectivity index (χ1v) is 6.56. The van der Waals surface area contributed by atoms with Crippen molar-refractivity contribution in [3.05, 3.63) is 46.1 Å². The maximum absolute atomic E-state index is 13.2. The molecule has 2 aromatic rings. The summed E-state index contributed by atoms with van der Waals surface area (Å²) in [6.07, 6.45) is 0. The van der Waals surface area contributed by atoms with Crippen molar-refractivity contribution in [2.75, 3.05) is 0 Å². The second kappa shape index (κ2) is 4.85. The van der Waals surface area contributed by atoms with E-state index in [-0.39, 0.29) is 11.2 Å². The Bertz CT molecular complexity index is 669. The van der Waals surface area contributed by atoms with Crippen LogP contribution < -0.4 is 0 Å². The topological polar surface area (TPSA) is 28.7 Å². The number of benzene rings is 1. The molecule has 0 bridgehead atoms. The number of H-pyrrole nitrogens is 1. The summed E-state index contributed by atoms with van der Waals surface area (Å²) < 4.78 is 13.7. The van der Waals surface area contributed by atoms with Crippen molar-refractivity contribution in [1.29, 1.82) is 0 Å². The van der Waals surface area contributed by atoms with E-state index in [0.29, 0.717) is 4.64 Å². The molecule has 1 heterocycles. The largest absolute Gasteiger partial charge is 0.343 e. The van der Waals surface area contributed by atoms with Crippen LogP contribution in [0.25, 0.3) is 11.3 Å². The lowest BCUT2D eigenvalue weighted by Crippen LogP contribution is -2.16. The maximum atomic E-state index is 13.2. The second-order valence-electron chi connectivity index (χ2n) is 5.69. The van der Waals surface area contributed by atoms with Gasteiger partial charge in [-0.05, 0) is 36.8 Å². The second-order valence-corrected chi connectivity index (χ2v) is 6.11. The number of nitrogens with zero attached hydrogens (tertiary/aromatic N) is 1. The number of aromatic amines is 1. The standard InChI is InChI=1S/C15H17FN2S/c1-9-7-10(16)5-6-11(9)12-8-13(19)18-14(17-12)15(2,3)4/h5-8H,1-4H3,(H,17,18,19). The van der Waals surface area contributed by atoms with Crippen LogP contribution in [0.4, 0.5) is 4.39 Å². The Labute approximate surface area is 117 Å². The first-order valence-electron chi connectivity index (χ1n) is 6.16. The molecule has 100 valence electrons. The highest BCUT2D eigenvalue weighted by Crippen LogP contribution is 2.25. The minimum absolute atomic E-state index is 0.114. The molecule has 0 atom stereocenters. The average molecular weight is 276 g/mol. The lowest BCUT2D eigenvalue weighted by atomic mass is 9.95. The van der Waals surface area contributed by atoms with Gasteiger partial charge < -0.3 is 4.98 Å². The molecule has 0 aliphatic carbocycles. The SMILES string of the molecule is Cc1cc(F)ccc1-c1cc(=S)nc(C(C)(C)C)[nH]1. The van der Waals surface area contributed by atoms with Gasteiger partial charge in [0.15, 0.2) is 0 Å². The van der Waals surface area contributed by atoms with Crippen LogP contribution >= 0.6 is 12.2 Å². The van der Waals surface area contributed by atoms with Gasteiger partial charge in [0.2, 0.25) is 0 Å². The van der Waals surface area contributed by atoms with E-state index in [1.54, 1.807) is 6.07 Å². The van der Waals surface area contributed by atoms with Crippen molar-refractivity contribution in [1.82, 2.24) is 9.97 Å². The maximum Gasteiger partial charge on any atom is 0.130 e. The van der Waals surface area contributed by atoms with Crippen LogP contribution in [-0.4, -0.2) is 9.97 Å². The molecule has 0 fully saturated rings. The molecule has 1 aromatic heterocycles. The first-order chi connectivity index (χ1) is 8.77. The Morgan fingerprint density at radius 2 is 1.89 bits per heavy atom. The smallest absolute Gasteiger partial charge is 0.130 e. The van der Waals surface area contributed by atoms with Crippen LogP contribution in [0.2, 0.25) is 0 Å². The average Bonchev–Trinajstić information content (AvgIpc) is 2.26. The fourth-order valence-corrected chi connectivity index (χ4v) is 2.10. The highest BCUT2D eigenvalue weighted by molar-refractivity contribution is 7.71. The molecule has 1 aromatic carbocycles. The van der Waals surface area contributed by atoms with Crippen molar-refractivity contribution in [2.24, 2.45) is 0 Å². The summed E-state index contributed by atoms with van der Waals surface area (Å²) in [6.45, 7) is 8.10. The molecular weight excluding hydrogens is 259 g/mol. The van der Waals surface area contributed by atoms with Crippen molar-refractivity contribution in [3.63, 3.8) is 0 Å². The molecule has 0 amide bonds. The van der Waals surface area contributed by atoms with E-state index >= 15 is 0 Å². The number of halogens is 1. The van der Waals surface area contributed by atoms with Crippen LogP contribution in [0.5, 0.6) is 0 Å². The molecule has 2 nitrogen and oxygen atoms in total. The number of rotatable bonds is 1. The summed E-state index contributed by atoms with van der Waals surface area (Å²) in [4.78, 5) is 7.66. The number of hydrogen-bond donors (Lipinski definition) is 1. The zero-order valence-electron chi connectivity index (χ0n) is 11.5. The predicted molar refractivity (Wildman–Crippen MR) is 78.3 cm³/mol. The fourth-order valence-electron chi connectivity index (χ4n) is 1.89. The van der Waals surface area contributed by atoms with E-state index in [2.05, 4.69) is 30.7 Å². The zero-order valence-corrected chi connectivity index (χ0v) is 12.4. The molecule has 1 N–H and O–H groups in total. The summed E-state index contributed by atoms with van der Waals surface area (Å²) in [7, 11) is 0. The third-order valence-electron chi connectivity index (χ3n) is 2.93. The van der Waals surface area contributed by atoms with Crippen LogP contribution in [0, 0.1) is 17.4 Å². The lowest BCUT2D eigenvalue weighted by Gasteiger charge is -2.19. The van der Waals surface area contributed by atoms with Crippen LogP contribution in [0.15, 0.2) is 24.3 Å². The molecule has 2 rings (SSSR count). The van der Waals surface area contributed by atoms with E-state index in [4.69, 9.17) is 12.2 Å². The summed E-state index contributed by atoms with van der Waals surface area (Å²) in [6, 6.07) is 6.54. The van der Waals surface area contributed by atoms with Gasteiger partial charge in [-0.25, -0.2) is 9.37 Å². The van der Waals surface area contributed by atoms with Gasteiger partial charge in [0.25, 0.3) is 0 Å². The molecule has 0 aliphatic rings. The quantitative estimate of drug-likeness (QED) is 0.774. The van der Waals surface area contributed by atoms with E-state index in [0.717, 1.165) is 22.6 Å². The number of nitrogens with one attached hydrogen (secondary N) is 1. The Balaban J connectivity index is 2.63. The van der Waals surface area contributed by atoms with Crippen molar-refractivity contribution in [3.8, 4) is 11.3 Å². The van der Waals surface area contributed by atoms with Gasteiger partial charge in [0.05, 0.1) is 0 Å². The summed E-state index contributed by atoms with van der Waals surface area (Å²) in [5.41, 5.74) is 2.58. The monoisotopic (exact) mass is 276 g/mol. The van der Waals surface area contributed by atoms with Crippen molar-refractivity contribution < 1.29 is 4.39 Å². The zero-order chi connectivity index (χ0) is 14.2. The Morgan fingerprint density at radius 1 is 1.21 bits per heavy atom. The van der Waals surface area contributed by atoms with Gasteiger partial charge in [0, 0.05) is 16.7 Å². The fraction of sp³-hybridized carbons (Fsp3) is 0.333. The molecule has 0 saturated carbocycles. The molecule has 0 radical (unpaired) electrons. The van der Waals surface area contributed by atoms with Crippen LogP contribution in [-0.2, 0) is 5.41 Å². The molecular formula is C15H17FN2S. The molecule has 0 spiro atoms. The third-order valence-corrected chi connectivity index (χ3v) is 3.14. The van der Waals surface area contributed by atoms with Crippen molar-refractivity contribution >= 4 is 12.2 Å². The normalized spacial score (nSPS) is 11.6. The first kappa shape index (κ1) is 13.9.